The highest BCUT2D eigenvalue weighted by Gasteiger charge is 2.55. The predicted molar refractivity (Wildman–Crippen MR) is 102 cm³/mol. The normalized spacial score (nSPS) is 20.3. The van der Waals surface area contributed by atoms with E-state index in [-0.39, 0.29) is 12.2 Å². The van der Waals surface area contributed by atoms with Crippen LogP contribution in [0.3, 0.4) is 0 Å². The lowest BCUT2D eigenvalue weighted by atomic mass is 10.1. The Balaban J connectivity index is 1.49. The number of hydrogen-bond donors (Lipinski definition) is 1. The van der Waals surface area contributed by atoms with Gasteiger partial charge < -0.3 is 5.32 Å². The molecule has 0 aliphatic carbocycles. The molecule has 8 nitrogen and oxygen atoms in total. The van der Waals surface area contributed by atoms with Crippen LogP contribution in [0.2, 0.25) is 0 Å². The fraction of sp³-hybridized carbons (Fsp3) is 0.250. The number of aryl methyl sites for hydroxylation is 1. The predicted octanol–water partition coefficient (Wildman–Crippen LogP) is 2.32. The molecule has 2 aromatic rings. The van der Waals surface area contributed by atoms with Gasteiger partial charge in [-0.2, -0.15) is 5.11 Å². The van der Waals surface area contributed by atoms with Gasteiger partial charge in [0.1, 0.15) is 12.4 Å². The molecule has 2 atom stereocenters. The molecule has 2 aliphatic rings. The Labute approximate surface area is 166 Å². The van der Waals surface area contributed by atoms with E-state index in [1.165, 1.54) is 23.2 Å². The Morgan fingerprint density at radius 1 is 1.10 bits per heavy atom. The molecule has 3 amide bonds. The first-order valence-corrected chi connectivity index (χ1v) is 9.18. The number of imide groups is 1. The van der Waals surface area contributed by atoms with Gasteiger partial charge in [-0.1, -0.05) is 36.4 Å². The zero-order valence-corrected chi connectivity index (χ0v) is 15.6. The lowest BCUT2D eigenvalue weighted by Gasteiger charge is -2.20. The minimum absolute atomic E-state index is 0.0247. The third kappa shape index (κ3) is 3.35. The molecule has 0 aromatic heterocycles. The zero-order chi connectivity index (χ0) is 20.5. The van der Waals surface area contributed by atoms with Crippen LogP contribution < -0.4 is 10.2 Å². The number of anilines is 2. The fourth-order valence-electron chi connectivity index (χ4n) is 3.39. The third-order valence-corrected chi connectivity index (χ3v) is 4.91. The van der Waals surface area contributed by atoms with E-state index in [1.807, 2.05) is 19.1 Å². The van der Waals surface area contributed by atoms with Crippen molar-refractivity contribution in [3.63, 3.8) is 0 Å². The van der Waals surface area contributed by atoms with Crippen LogP contribution in [0.5, 0.6) is 0 Å². The van der Waals surface area contributed by atoms with Crippen LogP contribution in [-0.4, -0.2) is 41.4 Å². The van der Waals surface area contributed by atoms with Crippen LogP contribution in [0.15, 0.2) is 58.9 Å². The van der Waals surface area contributed by atoms with E-state index in [2.05, 4.69) is 15.7 Å². The maximum atomic E-state index is 13.7. The molecule has 1 fully saturated rings. The lowest BCUT2D eigenvalue weighted by Crippen LogP contribution is -2.43. The first-order valence-electron chi connectivity index (χ1n) is 9.18. The maximum Gasteiger partial charge on any atom is 0.263 e. The molecule has 1 N–H and O–H groups in total. The quantitative estimate of drug-likeness (QED) is 0.786. The van der Waals surface area contributed by atoms with Crippen LogP contribution >= 0.6 is 0 Å². The molecule has 0 saturated carbocycles. The number of carbonyl (C=O) groups is 3. The molecule has 2 aromatic carbocycles. The second-order valence-electron chi connectivity index (χ2n) is 6.75. The average Bonchev–Trinajstić information content (AvgIpc) is 3.23. The van der Waals surface area contributed by atoms with Gasteiger partial charge in [-0.3, -0.25) is 19.4 Å². The van der Waals surface area contributed by atoms with Crippen LogP contribution in [-0.2, 0) is 20.8 Å². The number of nitrogens with one attached hydrogen (secondary N) is 1. The topological polar surface area (TPSA) is 94.4 Å². The van der Waals surface area contributed by atoms with Gasteiger partial charge in [0.15, 0.2) is 12.1 Å². The smallest absolute Gasteiger partial charge is 0.263 e. The van der Waals surface area contributed by atoms with E-state index in [0.29, 0.717) is 5.69 Å². The minimum Gasteiger partial charge on any atom is -0.322 e. The molecule has 0 radical (unpaired) electrons. The van der Waals surface area contributed by atoms with Gasteiger partial charge in [-0.15, -0.1) is 0 Å². The Hall–Kier alpha value is -3.62. The third-order valence-electron chi connectivity index (χ3n) is 4.91. The van der Waals surface area contributed by atoms with Crippen molar-refractivity contribution in [2.75, 3.05) is 16.8 Å². The first-order chi connectivity index (χ1) is 14.0. The second-order valence-corrected chi connectivity index (χ2v) is 6.75. The van der Waals surface area contributed by atoms with E-state index in [0.717, 1.165) is 16.9 Å². The highest BCUT2D eigenvalue weighted by Crippen LogP contribution is 2.32. The van der Waals surface area contributed by atoms with Crippen molar-refractivity contribution in [2.45, 2.75) is 25.4 Å². The number of hydrogen-bond acceptors (Lipinski definition) is 6. The van der Waals surface area contributed by atoms with E-state index >= 15 is 0 Å². The molecule has 0 spiro atoms. The molecule has 0 unspecified atom stereocenters. The van der Waals surface area contributed by atoms with Crippen LogP contribution in [0.25, 0.3) is 0 Å². The highest BCUT2D eigenvalue weighted by molar-refractivity contribution is 6.25. The number of nitrogens with zero attached hydrogens (tertiary/aromatic N) is 4. The van der Waals surface area contributed by atoms with Crippen molar-refractivity contribution in [2.24, 2.45) is 10.3 Å². The lowest BCUT2D eigenvalue weighted by molar-refractivity contribution is -0.123. The number of carbonyl (C=O) groups excluding carboxylic acids is 3. The zero-order valence-electron chi connectivity index (χ0n) is 15.6. The van der Waals surface area contributed by atoms with Crippen molar-refractivity contribution in [3.8, 4) is 0 Å². The summed E-state index contributed by atoms with van der Waals surface area (Å²) in [5.41, 5.74) is 1.56. The Morgan fingerprint density at radius 2 is 1.83 bits per heavy atom. The Morgan fingerprint density at radius 3 is 2.52 bits per heavy atom. The van der Waals surface area contributed by atoms with Crippen molar-refractivity contribution in [1.82, 2.24) is 5.01 Å². The van der Waals surface area contributed by atoms with Gasteiger partial charge >= 0.3 is 0 Å². The summed E-state index contributed by atoms with van der Waals surface area (Å²) in [7, 11) is 0. The molecule has 4 rings (SSSR count). The van der Waals surface area contributed by atoms with E-state index in [4.69, 9.17) is 0 Å². The maximum absolute atomic E-state index is 13.7. The Kier molecular flexibility index (Phi) is 4.79. The molecule has 9 heteroatoms. The van der Waals surface area contributed by atoms with Gasteiger partial charge in [0.25, 0.3) is 11.8 Å². The molecular formula is C20H18FN5O3. The highest BCUT2D eigenvalue weighted by atomic mass is 19.1. The summed E-state index contributed by atoms with van der Waals surface area (Å²) in [5.74, 6) is -2.12. The first kappa shape index (κ1) is 18.7. The number of fused-ring (bicyclic) bond motifs is 1. The number of para-hydroxylation sites is 1. The van der Waals surface area contributed by atoms with Crippen molar-refractivity contribution < 1.29 is 18.8 Å². The van der Waals surface area contributed by atoms with Crippen molar-refractivity contribution in [3.05, 3.63) is 59.9 Å². The summed E-state index contributed by atoms with van der Waals surface area (Å²) < 4.78 is 13.7. The van der Waals surface area contributed by atoms with E-state index in [1.54, 1.807) is 18.2 Å². The molecule has 148 valence electrons. The fourth-order valence-corrected chi connectivity index (χ4v) is 3.39. The minimum atomic E-state index is -0.991. The number of halogens is 1. The van der Waals surface area contributed by atoms with Crippen molar-refractivity contribution in [1.29, 1.82) is 0 Å². The summed E-state index contributed by atoms with van der Waals surface area (Å²) >= 11 is 0. The van der Waals surface area contributed by atoms with E-state index in [9.17, 15) is 18.8 Å². The summed E-state index contributed by atoms with van der Waals surface area (Å²) in [6, 6.07) is 10.9. The molecule has 2 heterocycles. The molecular weight excluding hydrogens is 377 g/mol. The molecule has 2 aliphatic heterocycles. The largest absolute Gasteiger partial charge is 0.322 e. The van der Waals surface area contributed by atoms with E-state index < -0.39 is 35.6 Å². The molecule has 29 heavy (non-hydrogen) atoms. The average molecular weight is 395 g/mol. The molecule has 1 saturated heterocycles. The number of rotatable bonds is 5. The number of benzene rings is 2. The van der Waals surface area contributed by atoms with Gasteiger partial charge in [0.05, 0.1) is 11.4 Å². The van der Waals surface area contributed by atoms with Crippen LogP contribution in [0, 0.1) is 5.82 Å². The Bertz CT molecular complexity index is 1010. The van der Waals surface area contributed by atoms with Gasteiger partial charge in [-0.25, -0.2) is 9.29 Å². The van der Waals surface area contributed by atoms with Crippen molar-refractivity contribution >= 4 is 29.1 Å². The van der Waals surface area contributed by atoms with Crippen LogP contribution in [0.4, 0.5) is 15.8 Å². The van der Waals surface area contributed by atoms with Gasteiger partial charge in [0.2, 0.25) is 5.91 Å². The summed E-state index contributed by atoms with van der Waals surface area (Å²) in [6.07, 6.45) is 0.840. The second kappa shape index (κ2) is 7.42. The van der Waals surface area contributed by atoms with Gasteiger partial charge in [-0.05, 0) is 36.2 Å². The van der Waals surface area contributed by atoms with Gasteiger partial charge in [0, 0.05) is 0 Å². The number of amides is 3. The molecule has 0 bridgehead atoms. The standard InChI is InChI=1S/C20H18FN5O3/c1-2-12-7-9-13(10-8-12)26-19(28)17-18(20(26)29)25(24-23-17)11-16(27)22-15-6-4-3-5-14(15)21/h3-10,17-18H,2,11H2,1H3,(H,22,27)/t17-,18-/m1/s1. The van der Waals surface area contributed by atoms with Crippen LogP contribution in [0.1, 0.15) is 12.5 Å². The summed E-state index contributed by atoms with van der Waals surface area (Å²) in [4.78, 5) is 39.0. The summed E-state index contributed by atoms with van der Waals surface area (Å²) in [6.45, 7) is 1.68. The summed E-state index contributed by atoms with van der Waals surface area (Å²) in [5, 5.41) is 11.3. The monoisotopic (exact) mass is 395 g/mol. The SMILES string of the molecule is CCc1ccc(N2C(=O)[C@@H]3N=NN(CC(=O)Nc4ccccc4F)[C@H]3C2=O)cc1.